The Labute approximate surface area is 175 Å². The highest BCUT2D eigenvalue weighted by atomic mass is 32.2. The molecule has 0 aliphatic carbocycles. The molecular formula is C21H19N5O3S. The number of hydrogen-bond donors (Lipinski definition) is 0. The lowest BCUT2D eigenvalue weighted by molar-refractivity contribution is 0.316. The number of fused-ring (bicyclic) bond motifs is 1. The summed E-state index contributed by atoms with van der Waals surface area (Å²) < 4.78 is 33.7. The summed E-state index contributed by atoms with van der Waals surface area (Å²) in [5.74, 6) is 1.16. The second kappa shape index (κ2) is 7.65. The average Bonchev–Trinajstić information content (AvgIpc) is 2.78. The van der Waals surface area contributed by atoms with Gasteiger partial charge in [-0.2, -0.15) is 5.26 Å². The minimum absolute atomic E-state index is 0.114. The summed E-state index contributed by atoms with van der Waals surface area (Å²) in [4.78, 5) is 10.4. The Kier molecular flexibility index (Phi) is 5.01. The quantitative estimate of drug-likeness (QED) is 0.638. The third kappa shape index (κ3) is 3.53. The number of ether oxygens (including phenoxy) is 1. The highest BCUT2D eigenvalue weighted by molar-refractivity contribution is 7.92. The van der Waals surface area contributed by atoms with Crippen LogP contribution in [0.3, 0.4) is 0 Å². The fourth-order valence-electron chi connectivity index (χ4n) is 3.15. The summed E-state index contributed by atoms with van der Waals surface area (Å²) in [5.41, 5.74) is 2.27. The van der Waals surface area contributed by atoms with Gasteiger partial charge in [-0.15, -0.1) is 0 Å². The molecule has 0 spiro atoms. The molecule has 0 atom stereocenters. The van der Waals surface area contributed by atoms with Crippen LogP contribution in [0.25, 0.3) is 11.3 Å². The maximum Gasteiger partial charge on any atom is 0.266 e. The Bertz CT molecular complexity index is 1220. The van der Waals surface area contributed by atoms with E-state index in [-0.39, 0.29) is 18.0 Å². The van der Waals surface area contributed by atoms with Crippen molar-refractivity contribution in [1.29, 1.82) is 5.26 Å². The smallest absolute Gasteiger partial charge is 0.266 e. The van der Waals surface area contributed by atoms with Gasteiger partial charge in [-0.1, -0.05) is 0 Å². The second-order valence-electron chi connectivity index (χ2n) is 6.90. The topological polar surface area (TPSA) is 99.4 Å². The van der Waals surface area contributed by atoms with Gasteiger partial charge in [-0.25, -0.2) is 13.4 Å². The molecule has 0 radical (unpaired) electrons. The van der Waals surface area contributed by atoms with Crippen molar-refractivity contribution < 1.29 is 13.2 Å². The lowest BCUT2D eigenvalue weighted by Crippen LogP contribution is -2.38. The maximum absolute atomic E-state index is 13.3. The number of nitriles is 1. The van der Waals surface area contributed by atoms with Crippen LogP contribution in [0, 0.1) is 11.3 Å². The predicted octanol–water partition coefficient (Wildman–Crippen LogP) is 2.67. The molecule has 1 aliphatic rings. The molecule has 3 heterocycles. The van der Waals surface area contributed by atoms with E-state index in [1.54, 1.807) is 41.3 Å². The Morgan fingerprint density at radius 1 is 1.10 bits per heavy atom. The molecule has 152 valence electrons. The van der Waals surface area contributed by atoms with Crippen LogP contribution < -0.4 is 13.9 Å². The highest BCUT2D eigenvalue weighted by Gasteiger charge is 2.31. The van der Waals surface area contributed by atoms with Gasteiger partial charge >= 0.3 is 0 Å². The Hall–Kier alpha value is -3.64. The van der Waals surface area contributed by atoms with Gasteiger partial charge in [-0.05, 0) is 42.5 Å². The van der Waals surface area contributed by atoms with Crippen molar-refractivity contribution >= 4 is 21.5 Å². The van der Waals surface area contributed by atoms with Gasteiger partial charge in [0.05, 0.1) is 23.5 Å². The van der Waals surface area contributed by atoms with Gasteiger partial charge in [0.2, 0.25) is 0 Å². The van der Waals surface area contributed by atoms with E-state index in [4.69, 9.17) is 10.00 Å². The number of rotatable bonds is 4. The molecule has 9 heteroatoms. The van der Waals surface area contributed by atoms with Gasteiger partial charge in [0.1, 0.15) is 29.1 Å². The number of anilines is 2. The molecule has 30 heavy (non-hydrogen) atoms. The van der Waals surface area contributed by atoms with Gasteiger partial charge < -0.3 is 9.64 Å². The number of aromatic nitrogens is 2. The number of sulfonamides is 1. The van der Waals surface area contributed by atoms with Gasteiger partial charge in [-0.3, -0.25) is 9.29 Å². The standard InChI is InChI=1S/C21H19N5O3S/c1-25(2)21-8-5-17(14-24-21)30(27,28)26-9-10-29-20-7-4-16(11-19(20)26)18-6-3-15(12-22)13-23-18/h3-8,11,13-14H,9-10H2,1-2H3. The highest BCUT2D eigenvalue weighted by Crippen LogP contribution is 2.38. The molecule has 4 rings (SSSR count). The fraction of sp³-hybridized carbons (Fsp3) is 0.190. The monoisotopic (exact) mass is 421 g/mol. The van der Waals surface area contributed by atoms with E-state index in [0.29, 0.717) is 28.5 Å². The molecule has 0 saturated heterocycles. The van der Waals surface area contributed by atoms with Crippen molar-refractivity contribution in [2.45, 2.75) is 4.90 Å². The number of nitrogens with zero attached hydrogens (tertiary/aromatic N) is 5. The molecule has 0 bridgehead atoms. The van der Waals surface area contributed by atoms with Gasteiger partial charge in [0, 0.05) is 32.1 Å². The predicted molar refractivity (Wildman–Crippen MR) is 113 cm³/mol. The Morgan fingerprint density at radius 2 is 1.93 bits per heavy atom. The van der Waals surface area contributed by atoms with E-state index in [0.717, 1.165) is 5.56 Å². The summed E-state index contributed by atoms with van der Waals surface area (Å²) >= 11 is 0. The maximum atomic E-state index is 13.3. The summed E-state index contributed by atoms with van der Waals surface area (Å²) in [6.45, 7) is 0.443. The molecular weight excluding hydrogens is 402 g/mol. The van der Waals surface area contributed by atoms with E-state index in [9.17, 15) is 8.42 Å². The van der Waals surface area contributed by atoms with Crippen LogP contribution in [0.5, 0.6) is 5.75 Å². The summed E-state index contributed by atoms with van der Waals surface area (Å²) in [5, 5.41) is 8.95. The molecule has 8 nitrogen and oxygen atoms in total. The molecule has 0 fully saturated rings. The average molecular weight is 421 g/mol. The van der Waals surface area contributed by atoms with E-state index >= 15 is 0 Å². The van der Waals surface area contributed by atoms with Crippen LogP contribution in [0.2, 0.25) is 0 Å². The first-order valence-electron chi connectivity index (χ1n) is 9.19. The molecule has 2 aromatic heterocycles. The van der Waals surface area contributed by atoms with Crippen LogP contribution in [-0.4, -0.2) is 45.6 Å². The summed E-state index contributed by atoms with van der Waals surface area (Å²) in [6, 6.07) is 13.9. The molecule has 0 saturated carbocycles. The van der Waals surface area contributed by atoms with Crippen molar-refractivity contribution in [3.63, 3.8) is 0 Å². The largest absolute Gasteiger partial charge is 0.489 e. The van der Waals surface area contributed by atoms with Crippen molar-refractivity contribution in [3.05, 3.63) is 60.4 Å². The van der Waals surface area contributed by atoms with Crippen LogP contribution in [0.1, 0.15) is 5.56 Å². The van der Waals surface area contributed by atoms with Crippen molar-refractivity contribution in [2.24, 2.45) is 0 Å². The van der Waals surface area contributed by atoms with E-state index in [1.165, 1.54) is 16.7 Å². The Morgan fingerprint density at radius 3 is 2.57 bits per heavy atom. The normalized spacial score (nSPS) is 13.2. The number of hydrogen-bond acceptors (Lipinski definition) is 7. The zero-order valence-electron chi connectivity index (χ0n) is 16.5. The first kappa shape index (κ1) is 19.7. The van der Waals surface area contributed by atoms with Gasteiger partial charge in [0.15, 0.2) is 0 Å². The first-order chi connectivity index (χ1) is 14.4. The molecule has 1 aliphatic heterocycles. The lowest BCUT2D eigenvalue weighted by Gasteiger charge is -2.30. The van der Waals surface area contributed by atoms with Crippen LogP contribution >= 0.6 is 0 Å². The van der Waals surface area contributed by atoms with Crippen molar-refractivity contribution in [3.8, 4) is 23.1 Å². The SMILES string of the molecule is CN(C)c1ccc(S(=O)(=O)N2CCOc3ccc(-c4ccc(C#N)cn4)cc32)cn1. The number of benzene rings is 1. The molecule has 0 N–H and O–H groups in total. The van der Waals surface area contributed by atoms with Crippen LogP contribution in [0.15, 0.2) is 59.8 Å². The zero-order valence-corrected chi connectivity index (χ0v) is 17.3. The molecule has 3 aromatic rings. The minimum Gasteiger partial charge on any atom is -0.489 e. The molecule has 0 amide bonds. The molecule has 0 unspecified atom stereocenters. The van der Waals surface area contributed by atoms with E-state index in [2.05, 4.69) is 9.97 Å². The lowest BCUT2D eigenvalue weighted by atomic mass is 10.1. The zero-order chi connectivity index (χ0) is 21.3. The van der Waals surface area contributed by atoms with E-state index in [1.807, 2.05) is 26.2 Å². The van der Waals surface area contributed by atoms with Crippen molar-refractivity contribution in [2.75, 3.05) is 36.5 Å². The summed E-state index contributed by atoms with van der Waals surface area (Å²) in [7, 11) is -0.137. The van der Waals surface area contributed by atoms with E-state index < -0.39 is 10.0 Å². The minimum atomic E-state index is -3.82. The van der Waals surface area contributed by atoms with Gasteiger partial charge in [0.25, 0.3) is 10.0 Å². The number of pyridine rings is 2. The first-order valence-corrected chi connectivity index (χ1v) is 10.6. The molecule has 1 aromatic carbocycles. The third-order valence-corrected chi connectivity index (χ3v) is 6.53. The fourth-order valence-corrected chi connectivity index (χ4v) is 4.55. The van der Waals surface area contributed by atoms with Crippen molar-refractivity contribution in [1.82, 2.24) is 9.97 Å². The Balaban J connectivity index is 1.74. The van der Waals surface area contributed by atoms with Crippen LogP contribution in [0.4, 0.5) is 11.5 Å². The van der Waals surface area contributed by atoms with Crippen LogP contribution in [-0.2, 0) is 10.0 Å². The third-order valence-electron chi connectivity index (χ3n) is 4.73. The summed E-state index contributed by atoms with van der Waals surface area (Å²) in [6.07, 6.45) is 2.85. The second-order valence-corrected chi connectivity index (χ2v) is 8.76.